The summed E-state index contributed by atoms with van der Waals surface area (Å²) in [5, 5.41) is 7.54. The van der Waals surface area contributed by atoms with Crippen LogP contribution >= 0.6 is 0 Å². The van der Waals surface area contributed by atoms with E-state index in [0.717, 1.165) is 0 Å². The Morgan fingerprint density at radius 2 is 1.80 bits per heavy atom. The summed E-state index contributed by atoms with van der Waals surface area (Å²) in [6.45, 7) is 9.82. The highest BCUT2D eigenvalue weighted by atomic mass is 32.2. The van der Waals surface area contributed by atoms with Crippen molar-refractivity contribution in [3.63, 3.8) is 0 Å². The summed E-state index contributed by atoms with van der Waals surface area (Å²) in [7, 11) is -3.49. The van der Waals surface area contributed by atoms with Crippen molar-refractivity contribution in [3.8, 4) is 6.07 Å². The summed E-state index contributed by atoms with van der Waals surface area (Å²) in [6, 6.07) is 1.72. The highest BCUT2D eigenvalue weighted by Crippen LogP contribution is 2.25. The van der Waals surface area contributed by atoms with Crippen LogP contribution in [-0.2, 0) is 10.0 Å². The van der Waals surface area contributed by atoms with Gasteiger partial charge in [0.25, 0.3) is 0 Å². The third kappa shape index (κ3) is 4.18. The predicted molar refractivity (Wildman–Crippen MR) is 60.6 cm³/mol. The van der Waals surface area contributed by atoms with Crippen LogP contribution in [0, 0.1) is 22.7 Å². The SMILES string of the molecule is CC(C)C(C)(C)CNS(=O)(=O)C(C)C#N. The average Bonchev–Trinajstić information content (AvgIpc) is 2.13. The van der Waals surface area contributed by atoms with E-state index in [9.17, 15) is 8.42 Å². The molecule has 0 amide bonds. The molecule has 88 valence electrons. The quantitative estimate of drug-likeness (QED) is 0.781. The molecule has 0 aromatic rings. The molecule has 0 radical (unpaired) electrons. The third-order valence-electron chi connectivity index (χ3n) is 2.94. The first kappa shape index (κ1) is 14.4. The van der Waals surface area contributed by atoms with Gasteiger partial charge < -0.3 is 0 Å². The lowest BCUT2D eigenvalue weighted by Gasteiger charge is -2.29. The van der Waals surface area contributed by atoms with Crippen LogP contribution < -0.4 is 4.72 Å². The Hall–Kier alpha value is -0.600. The zero-order valence-corrected chi connectivity index (χ0v) is 10.9. The van der Waals surface area contributed by atoms with Crippen molar-refractivity contribution >= 4 is 10.0 Å². The molecule has 0 aromatic heterocycles. The van der Waals surface area contributed by atoms with Crippen LogP contribution in [0.4, 0.5) is 0 Å². The molecule has 0 saturated heterocycles. The van der Waals surface area contributed by atoms with Crippen LogP contribution in [0.1, 0.15) is 34.6 Å². The summed E-state index contributed by atoms with van der Waals surface area (Å²) in [5.74, 6) is 0.373. The van der Waals surface area contributed by atoms with Crippen LogP contribution in [-0.4, -0.2) is 20.2 Å². The van der Waals surface area contributed by atoms with E-state index in [1.807, 2.05) is 27.7 Å². The number of rotatable bonds is 5. The Morgan fingerprint density at radius 1 is 1.33 bits per heavy atom. The zero-order chi connectivity index (χ0) is 12.3. The predicted octanol–water partition coefficient (Wildman–Crippen LogP) is 1.50. The summed E-state index contributed by atoms with van der Waals surface area (Å²) < 4.78 is 25.5. The second-order valence-corrected chi connectivity index (χ2v) is 6.87. The molecule has 0 aliphatic carbocycles. The molecule has 15 heavy (non-hydrogen) atoms. The lowest BCUT2D eigenvalue weighted by atomic mass is 9.81. The number of hydrogen-bond donors (Lipinski definition) is 1. The van der Waals surface area contributed by atoms with Gasteiger partial charge in [-0.3, -0.25) is 0 Å². The van der Waals surface area contributed by atoms with Gasteiger partial charge in [-0.05, 0) is 18.3 Å². The molecule has 0 heterocycles. The van der Waals surface area contributed by atoms with Crippen LogP contribution in [0.3, 0.4) is 0 Å². The van der Waals surface area contributed by atoms with Crippen molar-refractivity contribution in [2.75, 3.05) is 6.54 Å². The molecule has 1 atom stereocenters. The van der Waals surface area contributed by atoms with Gasteiger partial charge in [-0.15, -0.1) is 0 Å². The van der Waals surface area contributed by atoms with Crippen LogP contribution in [0.25, 0.3) is 0 Å². The minimum absolute atomic E-state index is 0.109. The van der Waals surface area contributed by atoms with Crippen molar-refractivity contribution < 1.29 is 8.42 Å². The van der Waals surface area contributed by atoms with E-state index >= 15 is 0 Å². The molecular weight excluding hydrogens is 212 g/mol. The van der Waals surface area contributed by atoms with Crippen molar-refractivity contribution in [1.29, 1.82) is 5.26 Å². The first-order chi connectivity index (χ1) is 6.63. The lowest BCUT2D eigenvalue weighted by molar-refractivity contribution is 0.252. The van der Waals surface area contributed by atoms with E-state index in [-0.39, 0.29) is 5.41 Å². The fraction of sp³-hybridized carbons (Fsp3) is 0.900. The molecule has 0 rings (SSSR count). The second kappa shape index (κ2) is 4.95. The maximum Gasteiger partial charge on any atom is 0.227 e. The summed E-state index contributed by atoms with van der Waals surface area (Å²) in [4.78, 5) is 0. The van der Waals surface area contributed by atoms with Crippen LogP contribution in [0.2, 0.25) is 0 Å². The molecule has 1 N–H and O–H groups in total. The van der Waals surface area contributed by atoms with Gasteiger partial charge in [0.2, 0.25) is 10.0 Å². The second-order valence-electron chi connectivity index (χ2n) is 4.78. The molecule has 5 heteroatoms. The van der Waals surface area contributed by atoms with Crippen molar-refractivity contribution in [1.82, 2.24) is 4.72 Å². The van der Waals surface area contributed by atoms with E-state index in [2.05, 4.69) is 4.72 Å². The minimum Gasteiger partial charge on any atom is -0.214 e. The van der Waals surface area contributed by atoms with E-state index in [1.54, 1.807) is 6.07 Å². The molecule has 0 fully saturated rings. The maximum absolute atomic E-state index is 11.5. The Kier molecular flexibility index (Phi) is 4.75. The van der Waals surface area contributed by atoms with Gasteiger partial charge in [0, 0.05) is 6.54 Å². The van der Waals surface area contributed by atoms with Gasteiger partial charge in [0.15, 0.2) is 5.25 Å². The maximum atomic E-state index is 11.5. The Morgan fingerprint density at radius 3 is 2.13 bits per heavy atom. The first-order valence-corrected chi connectivity index (χ1v) is 6.56. The Balaban J connectivity index is 4.49. The van der Waals surface area contributed by atoms with Crippen molar-refractivity contribution in [2.24, 2.45) is 11.3 Å². The minimum atomic E-state index is -3.49. The number of nitrogens with one attached hydrogen (secondary N) is 1. The van der Waals surface area contributed by atoms with Gasteiger partial charge in [0.1, 0.15) is 0 Å². The number of hydrogen-bond acceptors (Lipinski definition) is 3. The lowest BCUT2D eigenvalue weighted by Crippen LogP contribution is -2.40. The van der Waals surface area contributed by atoms with Crippen LogP contribution in [0.15, 0.2) is 0 Å². The Bertz CT molecular complexity index is 339. The molecule has 0 saturated carbocycles. The van der Waals surface area contributed by atoms with Gasteiger partial charge in [-0.1, -0.05) is 27.7 Å². The average molecular weight is 232 g/mol. The monoisotopic (exact) mass is 232 g/mol. The molecular formula is C10H20N2O2S. The summed E-state index contributed by atoms with van der Waals surface area (Å²) >= 11 is 0. The standard InChI is InChI=1S/C10H20N2O2S/c1-8(2)10(4,5)7-12-15(13,14)9(3)6-11/h8-9,12H,7H2,1-5H3. The van der Waals surface area contributed by atoms with Gasteiger partial charge >= 0.3 is 0 Å². The molecule has 0 aromatic carbocycles. The third-order valence-corrected chi connectivity index (χ3v) is 4.52. The first-order valence-electron chi connectivity index (χ1n) is 5.01. The fourth-order valence-electron chi connectivity index (χ4n) is 0.685. The molecule has 0 aliphatic heterocycles. The number of nitrogens with zero attached hydrogens (tertiary/aromatic N) is 1. The molecule has 0 aliphatic rings. The largest absolute Gasteiger partial charge is 0.227 e. The molecule has 1 unspecified atom stereocenters. The summed E-state index contributed by atoms with van der Waals surface area (Å²) in [5.41, 5.74) is -0.109. The van der Waals surface area contributed by atoms with E-state index < -0.39 is 15.3 Å². The van der Waals surface area contributed by atoms with E-state index in [0.29, 0.717) is 12.5 Å². The van der Waals surface area contributed by atoms with Crippen molar-refractivity contribution in [3.05, 3.63) is 0 Å². The molecule has 4 nitrogen and oxygen atoms in total. The highest BCUT2D eigenvalue weighted by molar-refractivity contribution is 7.90. The van der Waals surface area contributed by atoms with Gasteiger partial charge in [-0.2, -0.15) is 5.26 Å². The van der Waals surface area contributed by atoms with Gasteiger partial charge in [0.05, 0.1) is 6.07 Å². The van der Waals surface area contributed by atoms with Crippen molar-refractivity contribution in [2.45, 2.75) is 39.9 Å². The van der Waals surface area contributed by atoms with Gasteiger partial charge in [-0.25, -0.2) is 13.1 Å². The van der Waals surface area contributed by atoms with E-state index in [1.165, 1.54) is 6.92 Å². The smallest absolute Gasteiger partial charge is 0.214 e. The van der Waals surface area contributed by atoms with E-state index in [4.69, 9.17) is 5.26 Å². The number of nitriles is 1. The fourth-order valence-corrected chi connectivity index (χ4v) is 1.65. The molecule has 0 bridgehead atoms. The van der Waals surface area contributed by atoms with Crippen LogP contribution in [0.5, 0.6) is 0 Å². The topological polar surface area (TPSA) is 70.0 Å². The normalized spacial score (nSPS) is 15.0. The number of sulfonamides is 1. The summed E-state index contributed by atoms with van der Waals surface area (Å²) in [6.07, 6.45) is 0. The zero-order valence-electron chi connectivity index (χ0n) is 10.0. The Labute approximate surface area is 92.7 Å². The highest BCUT2D eigenvalue weighted by Gasteiger charge is 2.27. The molecule has 0 spiro atoms.